The second-order valence-corrected chi connectivity index (χ2v) is 8.51. The molecule has 0 saturated carbocycles. The number of benzene rings is 2. The van der Waals surface area contributed by atoms with Gasteiger partial charge >= 0.3 is 6.09 Å². The highest BCUT2D eigenvalue weighted by Crippen LogP contribution is 2.32. The van der Waals surface area contributed by atoms with Crippen molar-refractivity contribution in [1.29, 1.82) is 0 Å². The van der Waals surface area contributed by atoms with E-state index < -0.39 is 11.7 Å². The van der Waals surface area contributed by atoms with Gasteiger partial charge in [-0.25, -0.2) is 10.3 Å². The molecule has 0 spiro atoms. The van der Waals surface area contributed by atoms with Gasteiger partial charge in [-0.3, -0.25) is 14.9 Å². The zero-order valence-corrected chi connectivity index (χ0v) is 19.1. The molecule has 1 aromatic heterocycles. The van der Waals surface area contributed by atoms with Crippen LogP contribution < -0.4 is 10.8 Å². The average Bonchev–Trinajstić information content (AvgIpc) is 3.03. The molecule has 2 amide bonds. The Morgan fingerprint density at radius 1 is 1.00 bits per heavy atom. The molecule has 0 aliphatic heterocycles. The molecular weight excluding hydrogens is 406 g/mol. The lowest BCUT2D eigenvalue weighted by molar-refractivity contribution is -0.134. The molecule has 0 unspecified atom stereocenters. The van der Waals surface area contributed by atoms with E-state index in [9.17, 15) is 9.59 Å². The number of fused-ring (bicyclic) bond motifs is 1. The molecule has 2 N–H and O–H groups in total. The molecule has 32 heavy (non-hydrogen) atoms. The van der Waals surface area contributed by atoms with Crippen molar-refractivity contribution in [3.8, 4) is 0 Å². The maximum Gasteiger partial charge on any atom is 0.413 e. The smallest absolute Gasteiger partial charge is 0.413 e. The predicted molar refractivity (Wildman–Crippen MR) is 125 cm³/mol. The van der Waals surface area contributed by atoms with E-state index in [-0.39, 0.29) is 12.3 Å². The minimum Gasteiger partial charge on any atom is -0.444 e. The number of hydroxylamine groups is 1. The Hall–Kier alpha value is -3.32. The molecule has 3 aromatic rings. The van der Waals surface area contributed by atoms with Crippen LogP contribution in [0.15, 0.2) is 54.6 Å². The highest BCUT2D eigenvalue weighted by atomic mass is 16.6. The van der Waals surface area contributed by atoms with Crippen LogP contribution in [-0.4, -0.2) is 22.2 Å². The monoisotopic (exact) mass is 437 g/mol. The van der Waals surface area contributed by atoms with Gasteiger partial charge < -0.3 is 9.30 Å². The summed E-state index contributed by atoms with van der Waals surface area (Å²) in [6.45, 7) is 8.44. The van der Waals surface area contributed by atoms with Crippen molar-refractivity contribution >= 4 is 28.7 Å². The van der Waals surface area contributed by atoms with E-state index in [2.05, 4.69) is 10.8 Å². The lowest BCUT2D eigenvalue weighted by Gasteiger charge is -2.20. The van der Waals surface area contributed by atoms with Crippen molar-refractivity contribution in [3.05, 3.63) is 65.7 Å². The number of nitrogens with one attached hydrogen (secondary N) is 2. The fraction of sp³-hybridized carbons (Fsp3) is 0.360. The number of anilines is 1. The molecule has 0 fully saturated rings. The summed E-state index contributed by atoms with van der Waals surface area (Å²) in [4.78, 5) is 30.2. The van der Waals surface area contributed by atoms with Crippen LogP contribution in [0.25, 0.3) is 10.9 Å². The Balaban J connectivity index is 1.73. The summed E-state index contributed by atoms with van der Waals surface area (Å²) in [5.41, 5.74) is 4.76. The van der Waals surface area contributed by atoms with E-state index in [1.807, 2.05) is 86.9 Å². The molecule has 170 valence electrons. The van der Waals surface area contributed by atoms with Crippen molar-refractivity contribution in [3.63, 3.8) is 0 Å². The van der Waals surface area contributed by atoms with E-state index in [1.165, 1.54) is 0 Å². The van der Waals surface area contributed by atoms with Crippen LogP contribution in [0.1, 0.15) is 45.2 Å². The number of aryl methyl sites for hydroxylation is 2. The summed E-state index contributed by atoms with van der Waals surface area (Å²) >= 11 is 0. The van der Waals surface area contributed by atoms with Crippen molar-refractivity contribution in [2.75, 3.05) is 5.32 Å². The third-order valence-electron chi connectivity index (χ3n) is 4.88. The first-order valence-corrected chi connectivity index (χ1v) is 10.8. The van der Waals surface area contributed by atoms with Crippen molar-refractivity contribution < 1.29 is 19.2 Å². The van der Waals surface area contributed by atoms with E-state index in [0.29, 0.717) is 25.4 Å². The molecule has 0 bridgehead atoms. The van der Waals surface area contributed by atoms with E-state index >= 15 is 0 Å². The predicted octanol–water partition coefficient (Wildman–Crippen LogP) is 5.19. The second kappa shape index (κ2) is 10.3. The maximum atomic E-state index is 12.5. The number of rotatable bonds is 8. The molecule has 1 heterocycles. The summed E-state index contributed by atoms with van der Waals surface area (Å²) < 4.78 is 7.48. The first-order chi connectivity index (χ1) is 15.3. The van der Waals surface area contributed by atoms with Crippen LogP contribution >= 0.6 is 0 Å². The van der Waals surface area contributed by atoms with E-state index in [0.717, 1.165) is 22.0 Å². The van der Waals surface area contributed by atoms with E-state index in [4.69, 9.17) is 9.57 Å². The van der Waals surface area contributed by atoms with Gasteiger partial charge in [0.25, 0.3) is 0 Å². The molecule has 0 atom stereocenters. The average molecular weight is 438 g/mol. The number of aromatic nitrogens is 1. The first kappa shape index (κ1) is 23.3. The van der Waals surface area contributed by atoms with Gasteiger partial charge in [0.1, 0.15) is 11.4 Å². The summed E-state index contributed by atoms with van der Waals surface area (Å²) in [5, 5.41) is 3.90. The minimum absolute atomic E-state index is 0.218. The van der Waals surface area contributed by atoms with Crippen LogP contribution in [-0.2, 0) is 33.9 Å². The molecule has 7 nitrogen and oxygen atoms in total. The summed E-state index contributed by atoms with van der Waals surface area (Å²) in [6, 6.07) is 17.5. The number of hydrogen-bond donors (Lipinski definition) is 2. The number of hydrogen-bond acceptors (Lipinski definition) is 4. The molecular formula is C25H31N3O4. The van der Waals surface area contributed by atoms with Crippen molar-refractivity contribution in [1.82, 2.24) is 10.0 Å². The SMILES string of the molecule is CCn1c(NC(=O)OC(C)(C)C)c(CCC(=O)NOCc2ccccc2)c2ccccc21. The molecule has 7 heteroatoms. The standard InChI is InChI=1S/C25H31N3O4/c1-5-28-21-14-10-9-13-19(21)20(23(28)26-24(30)32-25(2,3)4)15-16-22(29)27-31-17-18-11-7-6-8-12-18/h6-14H,5,15-17H2,1-4H3,(H,26,30)(H,27,29). The Morgan fingerprint density at radius 3 is 2.38 bits per heavy atom. The van der Waals surface area contributed by atoms with Crippen molar-refractivity contribution in [2.24, 2.45) is 0 Å². The normalized spacial score (nSPS) is 11.4. The fourth-order valence-electron chi connectivity index (χ4n) is 3.56. The van der Waals surface area contributed by atoms with Crippen LogP contribution in [0, 0.1) is 0 Å². The Labute approximate surface area is 188 Å². The zero-order chi connectivity index (χ0) is 23.1. The Morgan fingerprint density at radius 2 is 1.69 bits per heavy atom. The molecule has 0 radical (unpaired) electrons. The fourth-order valence-corrected chi connectivity index (χ4v) is 3.56. The Bertz CT molecular complexity index is 1070. The lowest BCUT2D eigenvalue weighted by Crippen LogP contribution is -2.28. The van der Waals surface area contributed by atoms with Crippen LogP contribution in [0.5, 0.6) is 0 Å². The number of ether oxygens (including phenoxy) is 1. The largest absolute Gasteiger partial charge is 0.444 e. The third kappa shape index (κ3) is 6.11. The first-order valence-electron chi connectivity index (χ1n) is 10.8. The Kier molecular flexibility index (Phi) is 7.53. The van der Waals surface area contributed by atoms with Gasteiger partial charge in [-0.05, 0) is 45.7 Å². The number of para-hydroxylation sites is 1. The topological polar surface area (TPSA) is 81.6 Å². The van der Waals surface area contributed by atoms with Gasteiger partial charge in [0.2, 0.25) is 5.91 Å². The van der Waals surface area contributed by atoms with Gasteiger partial charge in [-0.2, -0.15) is 0 Å². The summed E-state index contributed by atoms with van der Waals surface area (Å²) in [7, 11) is 0. The quantitative estimate of drug-likeness (QED) is 0.475. The molecule has 2 aromatic carbocycles. The summed E-state index contributed by atoms with van der Waals surface area (Å²) in [5.74, 6) is 0.429. The molecule has 3 rings (SSSR count). The van der Waals surface area contributed by atoms with Crippen LogP contribution in [0.3, 0.4) is 0 Å². The van der Waals surface area contributed by atoms with Gasteiger partial charge in [0.15, 0.2) is 0 Å². The number of nitrogens with zero attached hydrogens (tertiary/aromatic N) is 1. The zero-order valence-electron chi connectivity index (χ0n) is 19.1. The van der Waals surface area contributed by atoms with Gasteiger partial charge in [0, 0.05) is 29.4 Å². The van der Waals surface area contributed by atoms with Crippen molar-refractivity contribution in [2.45, 2.75) is 59.3 Å². The van der Waals surface area contributed by atoms with Crippen LogP contribution in [0.2, 0.25) is 0 Å². The van der Waals surface area contributed by atoms with E-state index in [1.54, 1.807) is 0 Å². The molecule has 0 aliphatic rings. The van der Waals surface area contributed by atoms with Crippen LogP contribution in [0.4, 0.5) is 10.6 Å². The van der Waals surface area contributed by atoms with Gasteiger partial charge in [-0.1, -0.05) is 48.5 Å². The molecule has 0 saturated heterocycles. The highest BCUT2D eigenvalue weighted by molar-refractivity contribution is 5.95. The second-order valence-electron chi connectivity index (χ2n) is 8.51. The third-order valence-corrected chi connectivity index (χ3v) is 4.88. The lowest BCUT2D eigenvalue weighted by atomic mass is 10.1. The minimum atomic E-state index is -0.608. The number of carbonyl (C=O) groups is 2. The van der Waals surface area contributed by atoms with Gasteiger partial charge in [0.05, 0.1) is 6.61 Å². The molecule has 0 aliphatic carbocycles. The number of carbonyl (C=O) groups excluding carboxylic acids is 2. The maximum absolute atomic E-state index is 12.5. The summed E-state index contributed by atoms with van der Waals surface area (Å²) in [6.07, 6.45) is 0.140. The highest BCUT2D eigenvalue weighted by Gasteiger charge is 2.22. The number of amides is 2. The van der Waals surface area contributed by atoms with Gasteiger partial charge in [-0.15, -0.1) is 0 Å².